The molecule has 0 amide bonds. The molecule has 1 aromatic carbocycles. The van der Waals surface area contributed by atoms with E-state index in [0.717, 1.165) is 11.5 Å². The summed E-state index contributed by atoms with van der Waals surface area (Å²) in [4.78, 5) is 0. The Hall–Kier alpha value is -1.26. The summed E-state index contributed by atoms with van der Waals surface area (Å²) >= 11 is 0. The minimum Gasteiger partial charge on any atom is -0.497 e. The minimum absolute atomic E-state index is 0.223. The van der Waals surface area contributed by atoms with Crippen molar-refractivity contribution in [3.63, 3.8) is 0 Å². The summed E-state index contributed by atoms with van der Waals surface area (Å²) in [6, 6.07) is 7.36. The van der Waals surface area contributed by atoms with Crippen LogP contribution in [0.5, 0.6) is 11.5 Å². The molecule has 0 spiro atoms. The van der Waals surface area contributed by atoms with E-state index in [-0.39, 0.29) is 5.54 Å². The van der Waals surface area contributed by atoms with Gasteiger partial charge in [0.25, 0.3) is 0 Å². The summed E-state index contributed by atoms with van der Waals surface area (Å²) in [5.41, 5.74) is 0.223. The van der Waals surface area contributed by atoms with Crippen molar-refractivity contribution >= 4 is 0 Å². The molecule has 1 atom stereocenters. The SMILES string of the molecule is COc1ccc(OCC(O)CNC2(C)CCC2)cc1. The molecular weight excluding hydrogens is 242 g/mol. The highest BCUT2D eigenvalue weighted by molar-refractivity contribution is 5.31. The third-order valence-electron chi connectivity index (χ3n) is 3.72. The second-order valence-corrected chi connectivity index (χ2v) is 5.44. The predicted molar refractivity (Wildman–Crippen MR) is 74.8 cm³/mol. The second kappa shape index (κ2) is 6.26. The van der Waals surface area contributed by atoms with Crippen LogP contribution in [0.15, 0.2) is 24.3 Å². The first-order chi connectivity index (χ1) is 9.11. The molecule has 4 heteroatoms. The molecule has 1 aliphatic rings. The largest absolute Gasteiger partial charge is 0.497 e. The second-order valence-electron chi connectivity index (χ2n) is 5.44. The van der Waals surface area contributed by atoms with Crippen LogP contribution in [0.4, 0.5) is 0 Å². The Kier molecular flexibility index (Phi) is 4.66. The van der Waals surface area contributed by atoms with Gasteiger partial charge in [0.2, 0.25) is 0 Å². The maximum Gasteiger partial charge on any atom is 0.119 e. The lowest BCUT2D eigenvalue weighted by molar-refractivity contribution is 0.0867. The van der Waals surface area contributed by atoms with Crippen molar-refractivity contribution in [1.29, 1.82) is 0 Å². The number of rotatable bonds is 7. The van der Waals surface area contributed by atoms with E-state index < -0.39 is 6.10 Å². The van der Waals surface area contributed by atoms with E-state index in [1.165, 1.54) is 19.3 Å². The fourth-order valence-electron chi connectivity index (χ4n) is 2.17. The molecule has 0 bridgehead atoms. The minimum atomic E-state index is -0.487. The van der Waals surface area contributed by atoms with E-state index >= 15 is 0 Å². The first-order valence-corrected chi connectivity index (χ1v) is 6.81. The van der Waals surface area contributed by atoms with Crippen LogP contribution in [0, 0.1) is 0 Å². The molecule has 0 radical (unpaired) electrons. The van der Waals surface area contributed by atoms with Gasteiger partial charge in [0.15, 0.2) is 0 Å². The third kappa shape index (κ3) is 4.11. The summed E-state index contributed by atoms with van der Waals surface area (Å²) in [5.74, 6) is 1.54. The first kappa shape index (κ1) is 14.2. The van der Waals surface area contributed by atoms with Crippen LogP contribution in [0.3, 0.4) is 0 Å². The number of benzene rings is 1. The normalized spacial score (nSPS) is 18.5. The Bertz CT molecular complexity index is 387. The van der Waals surface area contributed by atoms with Crippen LogP contribution in [0.1, 0.15) is 26.2 Å². The van der Waals surface area contributed by atoms with E-state index in [4.69, 9.17) is 9.47 Å². The van der Waals surface area contributed by atoms with E-state index in [9.17, 15) is 5.11 Å². The molecule has 2 rings (SSSR count). The number of aliphatic hydroxyl groups is 1. The van der Waals surface area contributed by atoms with Gasteiger partial charge in [0, 0.05) is 12.1 Å². The average Bonchev–Trinajstić information content (AvgIpc) is 2.41. The predicted octanol–water partition coefficient (Wildman–Crippen LogP) is 1.97. The van der Waals surface area contributed by atoms with Gasteiger partial charge in [-0.2, -0.15) is 0 Å². The van der Waals surface area contributed by atoms with Crippen molar-refractivity contribution in [1.82, 2.24) is 5.32 Å². The number of aliphatic hydroxyl groups excluding tert-OH is 1. The van der Waals surface area contributed by atoms with Crippen molar-refractivity contribution in [3.8, 4) is 11.5 Å². The van der Waals surface area contributed by atoms with E-state index in [1.807, 2.05) is 24.3 Å². The van der Waals surface area contributed by atoms with Crippen molar-refractivity contribution in [2.75, 3.05) is 20.3 Å². The van der Waals surface area contributed by atoms with Gasteiger partial charge in [0.1, 0.15) is 24.2 Å². The van der Waals surface area contributed by atoms with Gasteiger partial charge in [-0.15, -0.1) is 0 Å². The number of hydrogen-bond donors (Lipinski definition) is 2. The zero-order valence-corrected chi connectivity index (χ0v) is 11.7. The molecule has 1 fully saturated rings. The summed E-state index contributed by atoms with van der Waals surface area (Å²) < 4.78 is 10.6. The Balaban J connectivity index is 1.68. The topological polar surface area (TPSA) is 50.7 Å². The Morgan fingerprint density at radius 1 is 1.26 bits per heavy atom. The molecule has 19 heavy (non-hydrogen) atoms. The van der Waals surface area contributed by atoms with Crippen molar-refractivity contribution in [3.05, 3.63) is 24.3 Å². The summed E-state index contributed by atoms with van der Waals surface area (Å²) in [7, 11) is 1.63. The Morgan fingerprint density at radius 2 is 1.89 bits per heavy atom. The smallest absolute Gasteiger partial charge is 0.119 e. The van der Waals surface area contributed by atoms with Crippen LogP contribution < -0.4 is 14.8 Å². The number of ether oxygens (including phenoxy) is 2. The third-order valence-corrected chi connectivity index (χ3v) is 3.72. The molecule has 0 saturated heterocycles. The number of hydrogen-bond acceptors (Lipinski definition) is 4. The quantitative estimate of drug-likeness (QED) is 0.791. The lowest BCUT2D eigenvalue weighted by atomic mass is 9.78. The van der Waals surface area contributed by atoms with E-state index in [1.54, 1.807) is 7.11 Å². The maximum absolute atomic E-state index is 9.88. The average molecular weight is 265 g/mol. The molecule has 1 aromatic rings. The van der Waals surface area contributed by atoms with Crippen molar-refractivity contribution in [2.45, 2.75) is 37.8 Å². The summed E-state index contributed by atoms with van der Waals surface area (Å²) in [6.45, 7) is 3.08. The highest BCUT2D eigenvalue weighted by Gasteiger charge is 2.31. The summed E-state index contributed by atoms with van der Waals surface area (Å²) in [6.07, 6.45) is 3.18. The van der Waals surface area contributed by atoms with Crippen molar-refractivity contribution in [2.24, 2.45) is 0 Å². The standard InChI is InChI=1S/C15H23NO3/c1-15(8-3-9-15)16-10-12(17)11-19-14-6-4-13(18-2)5-7-14/h4-7,12,16-17H,3,8-11H2,1-2H3. The Morgan fingerprint density at radius 3 is 2.42 bits per heavy atom. The molecular formula is C15H23NO3. The highest BCUT2D eigenvalue weighted by atomic mass is 16.5. The molecule has 0 aromatic heterocycles. The monoisotopic (exact) mass is 265 g/mol. The van der Waals surface area contributed by atoms with Crippen LogP contribution in [-0.4, -0.2) is 37.0 Å². The molecule has 1 aliphatic carbocycles. The van der Waals surface area contributed by atoms with Crippen LogP contribution in [0.2, 0.25) is 0 Å². The van der Waals surface area contributed by atoms with Crippen LogP contribution in [-0.2, 0) is 0 Å². The fraction of sp³-hybridized carbons (Fsp3) is 0.600. The van der Waals surface area contributed by atoms with Gasteiger partial charge < -0.3 is 19.9 Å². The van der Waals surface area contributed by atoms with Gasteiger partial charge in [-0.25, -0.2) is 0 Å². The van der Waals surface area contributed by atoms with E-state index in [2.05, 4.69) is 12.2 Å². The van der Waals surface area contributed by atoms with Gasteiger partial charge in [-0.1, -0.05) is 0 Å². The molecule has 1 unspecified atom stereocenters. The fourth-order valence-corrected chi connectivity index (χ4v) is 2.17. The summed E-state index contributed by atoms with van der Waals surface area (Å²) in [5, 5.41) is 13.3. The van der Waals surface area contributed by atoms with Crippen molar-refractivity contribution < 1.29 is 14.6 Å². The number of methoxy groups -OCH3 is 1. The molecule has 0 aliphatic heterocycles. The van der Waals surface area contributed by atoms with Gasteiger partial charge in [-0.05, 0) is 50.5 Å². The van der Waals surface area contributed by atoms with E-state index in [0.29, 0.717) is 13.2 Å². The number of nitrogens with one attached hydrogen (secondary N) is 1. The molecule has 106 valence electrons. The highest BCUT2D eigenvalue weighted by Crippen LogP contribution is 2.30. The lowest BCUT2D eigenvalue weighted by Gasteiger charge is -2.40. The molecule has 2 N–H and O–H groups in total. The first-order valence-electron chi connectivity index (χ1n) is 6.81. The van der Waals surface area contributed by atoms with Gasteiger partial charge >= 0.3 is 0 Å². The maximum atomic E-state index is 9.88. The Labute approximate surface area is 114 Å². The molecule has 4 nitrogen and oxygen atoms in total. The molecule has 1 saturated carbocycles. The lowest BCUT2D eigenvalue weighted by Crippen LogP contribution is -2.51. The number of β-amino-alcohol motifs (C(OH)–C–C–N with tert-alkyl or cyclic N) is 1. The zero-order valence-electron chi connectivity index (χ0n) is 11.7. The van der Waals surface area contributed by atoms with Gasteiger partial charge in [-0.3, -0.25) is 0 Å². The zero-order chi connectivity index (χ0) is 13.7. The van der Waals surface area contributed by atoms with Gasteiger partial charge in [0.05, 0.1) is 7.11 Å². The van der Waals surface area contributed by atoms with Crippen LogP contribution in [0.25, 0.3) is 0 Å². The molecule has 0 heterocycles. The van der Waals surface area contributed by atoms with Crippen LogP contribution >= 0.6 is 0 Å².